The summed E-state index contributed by atoms with van der Waals surface area (Å²) in [6.45, 7) is 0.283. The Morgan fingerprint density at radius 3 is 2.50 bits per heavy atom. The summed E-state index contributed by atoms with van der Waals surface area (Å²) in [5.41, 5.74) is 7.27. The standard InChI is InChI=1S/C16H14N4O2/c17-9-11-6-7-13(10-18)14(8-11)19-16(22)20-15(21)12-4-2-1-3-5-12/h1-8H,9,17H2,(H2,19,20,21,22). The molecule has 0 radical (unpaired) electrons. The molecule has 0 fully saturated rings. The number of urea groups is 1. The fourth-order valence-electron chi connectivity index (χ4n) is 1.84. The summed E-state index contributed by atoms with van der Waals surface area (Å²) in [6.07, 6.45) is 0. The summed E-state index contributed by atoms with van der Waals surface area (Å²) in [5.74, 6) is -0.522. The smallest absolute Gasteiger partial charge is 0.326 e. The molecule has 110 valence electrons. The second-order valence-corrected chi connectivity index (χ2v) is 4.47. The largest absolute Gasteiger partial charge is 0.326 e. The zero-order chi connectivity index (χ0) is 15.9. The molecule has 0 aliphatic heterocycles. The van der Waals surface area contributed by atoms with Crippen molar-refractivity contribution in [2.75, 3.05) is 5.32 Å². The summed E-state index contributed by atoms with van der Waals surface area (Å²) < 4.78 is 0. The number of rotatable bonds is 3. The number of anilines is 1. The second-order valence-electron chi connectivity index (χ2n) is 4.47. The van der Waals surface area contributed by atoms with Crippen molar-refractivity contribution >= 4 is 17.6 Å². The maximum absolute atomic E-state index is 11.9. The number of nitrogens with one attached hydrogen (secondary N) is 2. The lowest BCUT2D eigenvalue weighted by Gasteiger charge is -2.09. The van der Waals surface area contributed by atoms with Crippen molar-refractivity contribution in [1.29, 1.82) is 5.26 Å². The minimum absolute atomic E-state index is 0.283. The first kappa shape index (κ1) is 15.2. The minimum Gasteiger partial charge on any atom is -0.326 e. The van der Waals surface area contributed by atoms with Crippen molar-refractivity contribution in [2.45, 2.75) is 6.54 Å². The second kappa shape index (κ2) is 7.02. The summed E-state index contributed by atoms with van der Waals surface area (Å²) in [6, 6.07) is 14.5. The van der Waals surface area contributed by atoms with E-state index in [0.29, 0.717) is 16.8 Å². The Morgan fingerprint density at radius 1 is 1.14 bits per heavy atom. The molecule has 0 bridgehead atoms. The number of benzene rings is 2. The molecular weight excluding hydrogens is 280 g/mol. The Morgan fingerprint density at radius 2 is 1.86 bits per heavy atom. The van der Waals surface area contributed by atoms with Crippen molar-refractivity contribution in [3.05, 3.63) is 65.2 Å². The molecular formula is C16H14N4O2. The molecule has 6 nitrogen and oxygen atoms in total. The van der Waals surface area contributed by atoms with Crippen LogP contribution >= 0.6 is 0 Å². The summed E-state index contributed by atoms with van der Waals surface area (Å²) >= 11 is 0. The van der Waals surface area contributed by atoms with Crippen molar-refractivity contribution in [3.8, 4) is 6.07 Å². The maximum Gasteiger partial charge on any atom is 0.326 e. The zero-order valence-electron chi connectivity index (χ0n) is 11.7. The Hall–Kier alpha value is -3.17. The third-order valence-corrected chi connectivity index (χ3v) is 2.95. The van der Waals surface area contributed by atoms with Crippen LogP contribution in [0.2, 0.25) is 0 Å². The molecule has 0 aliphatic carbocycles. The van der Waals surface area contributed by atoms with Crippen LogP contribution in [0.3, 0.4) is 0 Å². The van der Waals surface area contributed by atoms with Crippen LogP contribution in [0.25, 0.3) is 0 Å². The molecule has 0 saturated carbocycles. The van der Waals surface area contributed by atoms with Gasteiger partial charge in [-0.05, 0) is 29.8 Å². The Kier molecular flexibility index (Phi) is 4.85. The fourth-order valence-corrected chi connectivity index (χ4v) is 1.84. The van der Waals surface area contributed by atoms with Gasteiger partial charge >= 0.3 is 6.03 Å². The van der Waals surface area contributed by atoms with E-state index in [2.05, 4.69) is 10.6 Å². The number of carbonyl (C=O) groups excluding carboxylic acids is 2. The predicted octanol–water partition coefficient (Wildman–Crippen LogP) is 1.98. The van der Waals surface area contributed by atoms with Gasteiger partial charge in [0.25, 0.3) is 5.91 Å². The number of carbonyl (C=O) groups is 2. The zero-order valence-corrected chi connectivity index (χ0v) is 11.7. The monoisotopic (exact) mass is 294 g/mol. The fraction of sp³-hybridized carbons (Fsp3) is 0.0625. The van der Waals surface area contributed by atoms with Gasteiger partial charge in [-0.3, -0.25) is 10.1 Å². The Labute approximate surface area is 127 Å². The van der Waals surface area contributed by atoms with Crippen LogP contribution in [0.4, 0.5) is 10.5 Å². The van der Waals surface area contributed by atoms with Gasteiger partial charge in [0.05, 0.1) is 11.3 Å². The normalized spacial score (nSPS) is 9.64. The summed E-state index contributed by atoms with van der Waals surface area (Å²) in [7, 11) is 0. The van der Waals surface area contributed by atoms with E-state index in [1.807, 2.05) is 6.07 Å². The number of hydrogen-bond donors (Lipinski definition) is 3. The Balaban J connectivity index is 2.09. The predicted molar refractivity (Wildman–Crippen MR) is 82.0 cm³/mol. The summed E-state index contributed by atoms with van der Waals surface area (Å²) in [4.78, 5) is 23.7. The van der Waals surface area contributed by atoms with Gasteiger partial charge in [-0.1, -0.05) is 24.3 Å². The summed E-state index contributed by atoms with van der Waals surface area (Å²) in [5, 5.41) is 13.7. The number of amides is 3. The number of nitriles is 1. The molecule has 0 aromatic heterocycles. The first-order valence-electron chi connectivity index (χ1n) is 6.54. The molecule has 2 aromatic rings. The van der Waals surface area contributed by atoms with Crippen LogP contribution in [0.1, 0.15) is 21.5 Å². The maximum atomic E-state index is 11.9. The third kappa shape index (κ3) is 3.69. The first-order chi connectivity index (χ1) is 10.6. The first-order valence-corrected chi connectivity index (χ1v) is 6.54. The molecule has 0 spiro atoms. The number of nitrogens with two attached hydrogens (primary N) is 1. The molecule has 6 heteroatoms. The van der Waals surface area contributed by atoms with E-state index in [4.69, 9.17) is 11.0 Å². The highest BCUT2D eigenvalue weighted by atomic mass is 16.2. The average molecular weight is 294 g/mol. The van der Waals surface area contributed by atoms with Gasteiger partial charge in [0.1, 0.15) is 6.07 Å². The lowest BCUT2D eigenvalue weighted by molar-refractivity contribution is 0.0967. The van der Waals surface area contributed by atoms with Gasteiger partial charge in [-0.2, -0.15) is 5.26 Å². The van der Waals surface area contributed by atoms with Crippen molar-refractivity contribution in [2.24, 2.45) is 5.73 Å². The lowest BCUT2D eigenvalue weighted by atomic mass is 10.1. The van der Waals surface area contributed by atoms with E-state index in [0.717, 1.165) is 5.56 Å². The van der Waals surface area contributed by atoms with Gasteiger partial charge in [0.2, 0.25) is 0 Å². The lowest BCUT2D eigenvalue weighted by Crippen LogP contribution is -2.34. The van der Waals surface area contributed by atoms with Gasteiger partial charge in [0.15, 0.2) is 0 Å². The minimum atomic E-state index is -0.709. The van der Waals surface area contributed by atoms with Gasteiger partial charge in [-0.25, -0.2) is 4.79 Å². The van der Waals surface area contributed by atoms with Gasteiger partial charge < -0.3 is 11.1 Å². The molecule has 0 unspecified atom stereocenters. The number of nitrogens with zero attached hydrogens (tertiary/aromatic N) is 1. The van der Waals surface area contributed by atoms with E-state index < -0.39 is 11.9 Å². The van der Waals surface area contributed by atoms with Gasteiger partial charge in [-0.15, -0.1) is 0 Å². The van der Waals surface area contributed by atoms with Crippen LogP contribution < -0.4 is 16.4 Å². The van der Waals surface area contributed by atoms with Crippen molar-refractivity contribution in [1.82, 2.24) is 5.32 Å². The molecule has 0 saturated heterocycles. The van der Waals surface area contributed by atoms with Crippen LogP contribution in [-0.2, 0) is 6.54 Å². The van der Waals surface area contributed by atoms with Crippen molar-refractivity contribution < 1.29 is 9.59 Å². The van der Waals surface area contributed by atoms with Crippen LogP contribution in [0, 0.1) is 11.3 Å². The van der Waals surface area contributed by atoms with Crippen LogP contribution in [0.15, 0.2) is 48.5 Å². The number of imide groups is 1. The molecule has 3 amide bonds. The van der Waals surface area contributed by atoms with E-state index in [9.17, 15) is 9.59 Å². The quantitative estimate of drug-likeness (QED) is 0.804. The highest BCUT2D eigenvalue weighted by Crippen LogP contribution is 2.16. The molecule has 22 heavy (non-hydrogen) atoms. The van der Waals surface area contributed by atoms with Crippen LogP contribution in [-0.4, -0.2) is 11.9 Å². The third-order valence-electron chi connectivity index (χ3n) is 2.95. The molecule has 2 aromatic carbocycles. The Bertz CT molecular complexity index is 736. The average Bonchev–Trinajstić information content (AvgIpc) is 2.55. The SMILES string of the molecule is N#Cc1ccc(CN)cc1NC(=O)NC(=O)c1ccccc1. The highest BCUT2D eigenvalue weighted by Gasteiger charge is 2.12. The van der Waals surface area contributed by atoms with E-state index in [1.54, 1.807) is 48.5 Å². The van der Waals surface area contributed by atoms with Crippen molar-refractivity contribution in [3.63, 3.8) is 0 Å². The highest BCUT2D eigenvalue weighted by molar-refractivity contribution is 6.08. The van der Waals surface area contributed by atoms with E-state index in [-0.39, 0.29) is 6.54 Å². The molecule has 2 rings (SSSR count). The molecule has 4 N–H and O–H groups in total. The van der Waals surface area contributed by atoms with Gasteiger partial charge in [0, 0.05) is 12.1 Å². The molecule has 0 aliphatic rings. The number of hydrogen-bond acceptors (Lipinski definition) is 4. The molecule has 0 heterocycles. The van der Waals surface area contributed by atoms with Crippen LogP contribution in [0.5, 0.6) is 0 Å². The van der Waals surface area contributed by atoms with E-state index in [1.165, 1.54) is 0 Å². The topological polar surface area (TPSA) is 108 Å². The molecule has 0 atom stereocenters. The van der Waals surface area contributed by atoms with E-state index >= 15 is 0 Å².